The normalized spacial score (nSPS) is 27.4. The van der Waals surface area contributed by atoms with Crippen molar-refractivity contribution in [3.63, 3.8) is 0 Å². The van der Waals surface area contributed by atoms with Gasteiger partial charge in [-0.25, -0.2) is 9.59 Å². The van der Waals surface area contributed by atoms with Crippen LogP contribution in [0.5, 0.6) is 11.5 Å². The van der Waals surface area contributed by atoms with Gasteiger partial charge in [-0.2, -0.15) is 0 Å². The molecule has 5 atom stereocenters. The van der Waals surface area contributed by atoms with E-state index in [1.807, 2.05) is 42.5 Å². The number of ether oxygens (including phenoxy) is 4. The van der Waals surface area contributed by atoms with Crippen LogP contribution in [0.3, 0.4) is 0 Å². The second-order valence-corrected chi connectivity index (χ2v) is 12.0. The minimum Gasteiger partial charge on any atom is -0.456 e. The average Bonchev–Trinajstić information content (AvgIpc) is 3.48. The number of nitrogens with zero attached hydrogens (tertiary/aromatic N) is 1. The molecule has 7 nitrogen and oxygen atoms in total. The second kappa shape index (κ2) is 9.50. The van der Waals surface area contributed by atoms with Gasteiger partial charge in [0.05, 0.1) is 16.5 Å². The number of carbonyl (C=O) groups excluding carboxylic acids is 2. The monoisotopic (exact) mass is 651 g/mol. The predicted octanol–water partition coefficient (Wildman–Crippen LogP) is 5.79. The molecular formula is C30H23Br2NO6. The smallest absolute Gasteiger partial charge is 0.338 e. The number of hydrogen-bond donors (Lipinski definition) is 0. The fourth-order valence-corrected chi connectivity index (χ4v) is 6.82. The van der Waals surface area contributed by atoms with E-state index in [1.54, 1.807) is 24.3 Å². The Bertz CT molecular complexity index is 1510. The molecular weight excluding hydrogens is 630 g/mol. The van der Waals surface area contributed by atoms with Gasteiger partial charge in [-0.05, 0) is 77.9 Å². The maximum absolute atomic E-state index is 13.3. The van der Waals surface area contributed by atoms with Crippen LogP contribution in [-0.4, -0.2) is 48.4 Å². The highest BCUT2D eigenvalue weighted by Gasteiger charge is 2.61. The van der Waals surface area contributed by atoms with Gasteiger partial charge in [0.15, 0.2) is 11.5 Å². The van der Waals surface area contributed by atoms with Crippen molar-refractivity contribution in [3.05, 3.63) is 104 Å². The largest absolute Gasteiger partial charge is 0.456 e. The van der Waals surface area contributed by atoms with Crippen LogP contribution in [0.15, 0.2) is 81.8 Å². The van der Waals surface area contributed by atoms with Gasteiger partial charge < -0.3 is 18.9 Å². The molecule has 1 aliphatic carbocycles. The molecule has 0 amide bonds. The van der Waals surface area contributed by atoms with Crippen molar-refractivity contribution in [3.8, 4) is 11.5 Å². The lowest BCUT2D eigenvalue weighted by atomic mass is 9.65. The van der Waals surface area contributed by atoms with Gasteiger partial charge >= 0.3 is 11.9 Å². The highest BCUT2D eigenvalue weighted by atomic mass is 79.9. The molecule has 0 saturated carbocycles. The highest BCUT2D eigenvalue weighted by Crippen LogP contribution is 2.54. The zero-order valence-electron chi connectivity index (χ0n) is 20.6. The molecule has 1 fully saturated rings. The van der Waals surface area contributed by atoms with Crippen molar-refractivity contribution in [2.24, 2.45) is 0 Å². The molecule has 3 aliphatic heterocycles. The van der Waals surface area contributed by atoms with Gasteiger partial charge in [-0.3, -0.25) is 4.90 Å². The quantitative estimate of drug-likeness (QED) is 0.261. The molecule has 3 heterocycles. The van der Waals surface area contributed by atoms with Crippen LogP contribution in [0.1, 0.15) is 38.3 Å². The first-order valence-electron chi connectivity index (χ1n) is 12.7. The molecule has 0 aromatic heterocycles. The van der Waals surface area contributed by atoms with E-state index in [0.717, 1.165) is 25.8 Å². The summed E-state index contributed by atoms with van der Waals surface area (Å²) in [6.07, 6.45) is 3.77. The Morgan fingerprint density at radius 2 is 1.49 bits per heavy atom. The summed E-state index contributed by atoms with van der Waals surface area (Å²) in [5, 5.41) is 0. The molecule has 1 unspecified atom stereocenters. The van der Waals surface area contributed by atoms with Crippen LogP contribution in [0.4, 0.5) is 0 Å². The van der Waals surface area contributed by atoms with Crippen molar-refractivity contribution in [2.45, 2.75) is 36.6 Å². The number of carbonyl (C=O) groups is 2. The van der Waals surface area contributed by atoms with Gasteiger partial charge in [0, 0.05) is 34.5 Å². The van der Waals surface area contributed by atoms with Crippen LogP contribution >= 0.6 is 31.9 Å². The van der Waals surface area contributed by atoms with E-state index < -0.39 is 17.6 Å². The number of rotatable bonds is 4. The molecule has 3 aromatic rings. The zero-order chi connectivity index (χ0) is 26.7. The summed E-state index contributed by atoms with van der Waals surface area (Å²) >= 11 is 6.82. The molecule has 4 aliphatic rings. The predicted molar refractivity (Wildman–Crippen MR) is 149 cm³/mol. The summed E-state index contributed by atoms with van der Waals surface area (Å²) in [5.41, 5.74) is 2.56. The number of benzene rings is 3. The minimum atomic E-state index is -0.611. The molecule has 0 radical (unpaired) electrons. The van der Waals surface area contributed by atoms with E-state index in [0.29, 0.717) is 36.4 Å². The lowest BCUT2D eigenvalue weighted by Crippen LogP contribution is -2.53. The van der Waals surface area contributed by atoms with Gasteiger partial charge in [0.2, 0.25) is 6.79 Å². The van der Waals surface area contributed by atoms with E-state index in [9.17, 15) is 9.59 Å². The Hall–Kier alpha value is -3.14. The van der Waals surface area contributed by atoms with Crippen LogP contribution < -0.4 is 9.47 Å². The highest BCUT2D eigenvalue weighted by molar-refractivity contribution is 9.10. The Labute approximate surface area is 241 Å². The third-order valence-corrected chi connectivity index (χ3v) is 9.13. The Morgan fingerprint density at radius 3 is 2.15 bits per heavy atom. The first-order valence-corrected chi connectivity index (χ1v) is 14.3. The van der Waals surface area contributed by atoms with Crippen LogP contribution in [0, 0.1) is 0 Å². The van der Waals surface area contributed by atoms with E-state index in [1.165, 1.54) is 0 Å². The topological polar surface area (TPSA) is 74.3 Å². The molecule has 198 valence electrons. The number of fused-ring (bicyclic) bond motifs is 2. The van der Waals surface area contributed by atoms with Crippen molar-refractivity contribution < 1.29 is 28.5 Å². The molecule has 0 spiro atoms. The van der Waals surface area contributed by atoms with E-state index in [2.05, 4.69) is 42.8 Å². The average molecular weight is 653 g/mol. The number of hydrogen-bond acceptors (Lipinski definition) is 7. The maximum Gasteiger partial charge on any atom is 0.338 e. The number of halogens is 2. The third-order valence-electron chi connectivity index (χ3n) is 8.07. The first-order chi connectivity index (χ1) is 18.9. The van der Waals surface area contributed by atoms with Gasteiger partial charge in [0.25, 0.3) is 0 Å². The lowest BCUT2D eigenvalue weighted by Gasteiger charge is -2.46. The van der Waals surface area contributed by atoms with Crippen LogP contribution in [0.25, 0.3) is 0 Å². The van der Waals surface area contributed by atoms with E-state index >= 15 is 0 Å². The summed E-state index contributed by atoms with van der Waals surface area (Å²) in [6.45, 7) is 1.42. The molecule has 0 N–H and O–H groups in total. The Kier molecular flexibility index (Phi) is 6.06. The molecule has 39 heavy (non-hydrogen) atoms. The Morgan fingerprint density at radius 1 is 0.872 bits per heavy atom. The first kappa shape index (κ1) is 24.9. The summed E-state index contributed by atoms with van der Waals surface area (Å²) < 4.78 is 25.3. The summed E-state index contributed by atoms with van der Waals surface area (Å²) in [4.78, 5) is 28.5. The molecule has 3 aromatic carbocycles. The summed E-state index contributed by atoms with van der Waals surface area (Å²) in [5.74, 6) is 0.688. The molecule has 9 heteroatoms. The molecule has 1 saturated heterocycles. The fraction of sp³-hybridized carbons (Fsp3) is 0.267. The zero-order valence-corrected chi connectivity index (χ0v) is 23.8. The van der Waals surface area contributed by atoms with Crippen molar-refractivity contribution >= 4 is 43.8 Å². The lowest BCUT2D eigenvalue weighted by molar-refractivity contribution is 0.0157. The number of esters is 2. The molecule has 2 bridgehead atoms. The van der Waals surface area contributed by atoms with Crippen LogP contribution in [-0.2, 0) is 21.4 Å². The summed E-state index contributed by atoms with van der Waals surface area (Å²) in [7, 11) is 0. The van der Waals surface area contributed by atoms with Gasteiger partial charge in [-0.1, -0.05) is 37.9 Å². The van der Waals surface area contributed by atoms with Gasteiger partial charge in [-0.15, -0.1) is 0 Å². The maximum atomic E-state index is 13.3. The fourth-order valence-electron chi connectivity index (χ4n) is 6.29. The third kappa shape index (κ3) is 4.18. The van der Waals surface area contributed by atoms with Crippen molar-refractivity contribution in [2.75, 3.05) is 13.3 Å². The minimum absolute atomic E-state index is 0.0270. The Balaban J connectivity index is 1.24. The SMILES string of the molecule is O=C(O[C@@H]1C=C[C@@]23c4cc5c(cc4CN(C[C@H]2OC(=O)c2ccc(Br)cc2)[C@H]3C1)OCO5)c1ccc(Br)cc1. The van der Waals surface area contributed by atoms with Gasteiger partial charge in [0.1, 0.15) is 12.2 Å². The standard InChI is InChI=1S/C30H23Br2NO6/c31-20-5-1-17(2-6-20)28(34)38-22-9-10-30-23-13-25-24(36-16-37-25)11-19(23)14-33(26(30)12-22)15-27(30)39-29(35)18-3-7-21(32)8-4-18/h1-11,13,22,26-27H,12,14-16H2/t22-,26+,27-,30+/m1/s1. The van der Waals surface area contributed by atoms with Crippen molar-refractivity contribution in [1.82, 2.24) is 4.90 Å². The molecule has 7 rings (SSSR count). The van der Waals surface area contributed by atoms with Crippen LogP contribution in [0.2, 0.25) is 0 Å². The van der Waals surface area contributed by atoms with E-state index in [-0.39, 0.29) is 24.8 Å². The van der Waals surface area contributed by atoms with Crippen molar-refractivity contribution in [1.29, 1.82) is 0 Å². The summed E-state index contributed by atoms with van der Waals surface area (Å²) in [6, 6.07) is 18.3. The van der Waals surface area contributed by atoms with E-state index in [4.69, 9.17) is 18.9 Å². The second-order valence-electron chi connectivity index (χ2n) is 10.2.